The Bertz CT molecular complexity index is 683. The fourth-order valence-corrected chi connectivity index (χ4v) is 4.02. The highest BCUT2D eigenvalue weighted by molar-refractivity contribution is 8.32. The van der Waals surface area contributed by atoms with E-state index in [1.165, 1.54) is 16.0 Å². The van der Waals surface area contributed by atoms with Crippen molar-refractivity contribution in [3.8, 4) is 11.3 Å². The van der Waals surface area contributed by atoms with Crippen molar-refractivity contribution in [1.82, 2.24) is 4.98 Å². The molecule has 0 aliphatic carbocycles. The molecule has 122 valence electrons. The first-order chi connectivity index (χ1) is 10.4. The molecule has 0 fully saturated rings. The van der Waals surface area contributed by atoms with Crippen molar-refractivity contribution in [2.45, 2.75) is 30.9 Å². The van der Waals surface area contributed by atoms with Gasteiger partial charge in [0.25, 0.3) is 0 Å². The second-order valence-corrected chi connectivity index (χ2v) is 12.8. The first kappa shape index (κ1) is 18.2. The van der Waals surface area contributed by atoms with Crippen LogP contribution in [0, 0.1) is 5.41 Å². The Morgan fingerprint density at radius 2 is 1.52 bits per heavy atom. The van der Waals surface area contributed by atoms with E-state index in [9.17, 15) is 0 Å². The minimum absolute atomic E-state index is 0.0742. The minimum Gasteiger partial charge on any atom is -0.256 e. The lowest BCUT2D eigenvalue weighted by Gasteiger charge is -2.43. The molecule has 0 N–H and O–H groups in total. The normalized spacial score (nSPS) is 13.8. The lowest BCUT2D eigenvalue weighted by atomic mass is 9.41. The third-order valence-corrected chi connectivity index (χ3v) is 6.80. The van der Waals surface area contributed by atoms with Crippen LogP contribution in [0.4, 0.5) is 0 Å². The molecular formula is C19H29B2NS. The van der Waals surface area contributed by atoms with Crippen molar-refractivity contribution in [2.24, 2.45) is 5.41 Å². The summed E-state index contributed by atoms with van der Waals surface area (Å²) < 4.78 is 0. The zero-order chi connectivity index (χ0) is 17.5. The van der Waals surface area contributed by atoms with Crippen LogP contribution < -0.4 is 0 Å². The topological polar surface area (TPSA) is 12.9 Å². The molecule has 0 saturated carbocycles. The summed E-state index contributed by atoms with van der Waals surface area (Å²) in [5.41, 5.74) is 3.85. The molecule has 0 radical (unpaired) electrons. The number of aromatic nitrogens is 1. The molecule has 2 aromatic rings. The van der Waals surface area contributed by atoms with Crippen molar-refractivity contribution >= 4 is 25.7 Å². The molecule has 23 heavy (non-hydrogen) atoms. The summed E-state index contributed by atoms with van der Waals surface area (Å²) >= 11 is 0. The van der Waals surface area contributed by atoms with Crippen LogP contribution in [-0.2, 0) is 5.21 Å². The Labute approximate surface area is 145 Å². The van der Waals surface area contributed by atoms with E-state index in [0.29, 0.717) is 0 Å². The van der Waals surface area contributed by atoms with E-state index in [2.05, 4.69) is 97.8 Å². The quantitative estimate of drug-likeness (QED) is 0.790. The Morgan fingerprint density at radius 1 is 0.957 bits per heavy atom. The number of hydrogen-bond acceptors (Lipinski definition) is 1. The molecule has 1 heterocycles. The molecule has 1 aromatic heterocycles. The van der Waals surface area contributed by atoms with Gasteiger partial charge in [0.1, 0.15) is 15.7 Å². The summed E-state index contributed by atoms with van der Waals surface area (Å²) in [7, 11) is 3.85. The summed E-state index contributed by atoms with van der Waals surface area (Å²) in [6, 6.07) is 12.8. The van der Waals surface area contributed by atoms with Crippen molar-refractivity contribution in [3.05, 3.63) is 48.2 Å². The minimum atomic E-state index is -0.847. The third-order valence-electron chi connectivity index (χ3n) is 5.14. The average Bonchev–Trinajstić information content (AvgIpc) is 2.45. The molecule has 0 spiro atoms. The number of pyridine rings is 1. The first-order valence-electron chi connectivity index (χ1n) is 8.19. The molecule has 0 atom stereocenters. The summed E-state index contributed by atoms with van der Waals surface area (Å²) in [6.07, 6.45) is 9.25. The summed E-state index contributed by atoms with van der Waals surface area (Å²) in [5, 5.41) is 0.0742. The van der Waals surface area contributed by atoms with E-state index in [-0.39, 0.29) is 10.6 Å². The number of nitrogens with zero attached hydrogens (tertiary/aromatic N) is 1. The summed E-state index contributed by atoms with van der Waals surface area (Å²) in [4.78, 5) is 6.29. The van der Waals surface area contributed by atoms with E-state index >= 15 is 0 Å². The molecule has 0 amide bonds. The monoisotopic (exact) mass is 325 g/mol. The van der Waals surface area contributed by atoms with E-state index in [4.69, 9.17) is 4.98 Å². The van der Waals surface area contributed by atoms with Crippen LogP contribution in [0.2, 0.25) is 0 Å². The maximum atomic E-state index is 4.82. The predicted molar refractivity (Wildman–Crippen MR) is 112 cm³/mol. The average molecular weight is 325 g/mol. The molecule has 0 bridgehead atoms. The van der Waals surface area contributed by atoms with Gasteiger partial charge in [0, 0.05) is 11.8 Å². The molecule has 0 aliphatic rings. The van der Waals surface area contributed by atoms with Gasteiger partial charge >= 0.3 is 0 Å². The standard InChI is InChI=1S/C19H29B2NS/c1-18(2,3)19(20,21)15-13-22-16(12-17(15)23(4,5)6)14-10-8-7-9-11-14/h7-13H,20-21H2,1-6H3. The number of hydrogen-bond donors (Lipinski definition) is 0. The van der Waals surface area contributed by atoms with Crippen LogP contribution in [-0.4, -0.2) is 39.4 Å². The molecule has 0 unspecified atom stereocenters. The first-order valence-corrected chi connectivity index (χ1v) is 11.0. The van der Waals surface area contributed by atoms with Gasteiger partial charge in [-0.15, -0.1) is 0 Å². The van der Waals surface area contributed by atoms with Crippen molar-refractivity contribution in [3.63, 3.8) is 0 Å². The van der Waals surface area contributed by atoms with Gasteiger partial charge in [-0.2, -0.15) is 0 Å². The molecule has 0 saturated heterocycles. The van der Waals surface area contributed by atoms with Gasteiger partial charge in [0.05, 0.1) is 5.69 Å². The maximum absolute atomic E-state index is 4.82. The molecule has 1 nitrogen and oxygen atoms in total. The van der Waals surface area contributed by atoms with Crippen molar-refractivity contribution < 1.29 is 0 Å². The van der Waals surface area contributed by atoms with Gasteiger partial charge in [0.15, 0.2) is 0 Å². The van der Waals surface area contributed by atoms with Gasteiger partial charge in [-0.1, -0.05) is 56.3 Å². The van der Waals surface area contributed by atoms with Crippen LogP contribution >= 0.6 is 10.0 Å². The van der Waals surface area contributed by atoms with Gasteiger partial charge in [-0.05, 0) is 40.7 Å². The lowest BCUT2D eigenvalue weighted by molar-refractivity contribution is 0.354. The summed E-state index contributed by atoms with van der Waals surface area (Å²) in [6.45, 7) is 6.96. The van der Waals surface area contributed by atoms with Crippen LogP contribution in [0.15, 0.2) is 47.5 Å². The second-order valence-electron chi connectivity index (χ2n) is 8.64. The van der Waals surface area contributed by atoms with Gasteiger partial charge < -0.3 is 0 Å². The van der Waals surface area contributed by atoms with Gasteiger partial charge in [0.2, 0.25) is 0 Å². The molecule has 4 heteroatoms. The van der Waals surface area contributed by atoms with Crippen LogP contribution in [0.5, 0.6) is 0 Å². The van der Waals surface area contributed by atoms with Crippen LogP contribution in [0.25, 0.3) is 11.3 Å². The van der Waals surface area contributed by atoms with E-state index in [1.807, 2.05) is 0 Å². The molecule has 0 aliphatic heterocycles. The van der Waals surface area contributed by atoms with Crippen LogP contribution in [0.3, 0.4) is 0 Å². The second kappa shape index (κ2) is 6.05. The lowest BCUT2D eigenvalue weighted by Crippen LogP contribution is -2.42. The van der Waals surface area contributed by atoms with Gasteiger partial charge in [-0.25, -0.2) is 10.0 Å². The zero-order valence-corrected chi connectivity index (χ0v) is 16.7. The highest BCUT2D eigenvalue weighted by atomic mass is 32.3. The highest BCUT2D eigenvalue weighted by Crippen LogP contribution is 2.52. The van der Waals surface area contributed by atoms with E-state index in [1.54, 1.807) is 0 Å². The fourth-order valence-electron chi connectivity index (χ4n) is 2.58. The SMILES string of the molecule is BC(B)(c1cnc(-c2ccccc2)cc1S(C)(C)C)C(C)(C)C. The Morgan fingerprint density at radius 3 is 2.00 bits per heavy atom. The Kier molecular flexibility index (Phi) is 4.79. The Balaban J connectivity index is 2.67. The van der Waals surface area contributed by atoms with E-state index < -0.39 is 10.0 Å². The Hall–Kier alpha value is -1.15. The van der Waals surface area contributed by atoms with Gasteiger partial charge in [-0.3, -0.25) is 4.98 Å². The zero-order valence-electron chi connectivity index (χ0n) is 15.9. The summed E-state index contributed by atoms with van der Waals surface area (Å²) in [5.74, 6) is 0. The molecule has 2 rings (SSSR count). The third kappa shape index (κ3) is 3.68. The van der Waals surface area contributed by atoms with Crippen molar-refractivity contribution in [1.29, 1.82) is 0 Å². The van der Waals surface area contributed by atoms with Crippen LogP contribution in [0.1, 0.15) is 26.3 Å². The maximum Gasteiger partial charge on any atom is 0.105 e. The molecular weight excluding hydrogens is 296 g/mol. The smallest absolute Gasteiger partial charge is 0.105 e. The number of rotatable bonds is 3. The largest absolute Gasteiger partial charge is 0.256 e. The highest BCUT2D eigenvalue weighted by Gasteiger charge is 2.37. The van der Waals surface area contributed by atoms with Crippen molar-refractivity contribution in [2.75, 3.05) is 18.8 Å². The van der Waals surface area contributed by atoms with E-state index in [0.717, 1.165) is 5.69 Å². The number of benzene rings is 1. The fraction of sp³-hybridized carbons (Fsp3) is 0.421. The molecule has 1 aromatic carbocycles. The predicted octanol–water partition coefficient (Wildman–Crippen LogP) is 3.27.